The second kappa shape index (κ2) is 4.56. The van der Waals surface area contributed by atoms with E-state index in [1.54, 1.807) is 18.2 Å². The predicted octanol–water partition coefficient (Wildman–Crippen LogP) is 3.05. The maximum Gasteiger partial charge on any atom is 0.291 e. The number of halogens is 3. The summed E-state index contributed by atoms with van der Waals surface area (Å²) in [5.74, 6) is -2.90. The average molecular weight is 366 g/mol. The van der Waals surface area contributed by atoms with Crippen molar-refractivity contribution in [2.24, 2.45) is 10.6 Å². The Kier molecular flexibility index (Phi) is 3.32. The topological polar surface area (TPSA) is 55.5 Å². The van der Waals surface area contributed by atoms with Crippen LogP contribution in [0.15, 0.2) is 22.7 Å². The molecule has 110 valence electrons. The van der Waals surface area contributed by atoms with E-state index in [2.05, 4.69) is 15.9 Å². The van der Waals surface area contributed by atoms with Gasteiger partial charge in [0.25, 0.3) is 5.92 Å². The number of ether oxygens (including phenoxy) is 1. The minimum Gasteiger partial charge on any atom is -0.493 e. The molecule has 7 heteroatoms. The van der Waals surface area contributed by atoms with E-state index >= 15 is 0 Å². The molecule has 1 aliphatic carbocycles. The van der Waals surface area contributed by atoms with E-state index in [0.29, 0.717) is 40.6 Å². The SMILES string of the molecule is NSC1(C(F)(F)CO)c2cc(Br)ccc2OCC12CC2. The highest BCUT2D eigenvalue weighted by molar-refractivity contribution is 9.10. The van der Waals surface area contributed by atoms with Gasteiger partial charge in [-0.15, -0.1) is 0 Å². The third-order valence-electron chi connectivity index (χ3n) is 4.32. The Morgan fingerprint density at radius 1 is 1.45 bits per heavy atom. The summed E-state index contributed by atoms with van der Waals surface area (Å²) in [6, 6.07) is 5.03. The van der Waals surface area contributed by atoms with Crippen LogP contribution in [0.1, 0.15) is 18.4 Å². The summed E-state index contributed by atoms with van der Waals surface area (Å²) in [7, 11) is 0. The van der Waals surface area contributed by atoms with Gasteiger partial charge in [0.05, 0.1) is 6.61 Å². The maximum atomic E-state index is 14.6. The summed E-state index contributed by atoms with van der Waals surface area (Å²) in [6.45, 7) is -1.02. The Labute approximate surface area is 128 Å². The van der Waals surface area contributed by atoms with Crippen molar-refractivity contribution in [1.29, 1.82) is 0 Å². The zero-order valence-corrected chi connectivity index (χ0v) is 12.9. The first kappa shape index (κ1) is 14.6. The van der Waals surface area contributed by atoms with Gasteiger partial charge in [0.1, 0.15) is 17.1 Å². The molecular formula is C13H14BrF2NO2S. The molecule has 1 saturated carbocycles. The molecule has 0 aromatic heterocycles. The Morgan fingerprint density at radius 3 is 2.70 bits per heavy atom. The number of hydrogen-bond donors (Lipinski definition) is 2. The van der Waals surface area contributed by atoms with Crippen LogP contribution in [0.2, 0.25) is 0 Å². The van der Waals surface area contributed by atoms with Crippen LogP contribution >= 0.6 is 27.9 Å². The molecule has 2 aliphatic rings. The molecule has 0 amide bonds. The number of alkyl halides is 2. The van der Waals surface area contributed by atoms with Gasteiger partial charge in [-0.05, 0) is 31.0 Å². The first-order valence-electron chi connectivity index (χ1n) is 6.22. The summed E-state index contributed by atoms with van der Waals surface area (Å²) >= 11 is 3.94. The number of nitrogens with two attached hydrogens (primary N) is 1. The van der Waals surface area contributed by atoms with Gasteiger partial charge in [0, 0.05) is 15.5 Å². The van der Waals surface area contributed by atoms with Crippen molar-refractivity contribution in [3.05, 3.63) is 28.2 Å². The number of fused-ring (bicyclic) bond motifs is 1. The highest BCUT2D eigenvalue weighted by Gasteiger charge is 2.73. The summed E-state index contributed by atoms with van der Waals surface area (Å²) in [5.41, 5.74) is -0.339. The monoisotopic (exact) mass is 365 g/mol. The lowest BCUT2D eigenvalue weighted by atomic mass is 9.76. The molecule has 1 atom stereocenters. The number of aliphatic hydroxyl groups is 1. The smallest absolute Gasteiger partial charge is 0.291 e. The molecule has 0 saturated heterocycles. The Hall–Kier alpha value is -0.370. The molecule has 3 rings (SSSR count). The second-order valence-corrected chi connectivity index (χ2v) is 7.13. The van der Waals surface area contributed by atoms with Gasteiger partial charge in [-0.25, -0.2) is 8.78 Å². The van der Waals surface area contributed by atoms with Crippen LogP contribution in [-0.4, -0.2) is 24.2 Å². The summed E-state index contributed by atoms with van der Waals surface area (Å²) in [6.07, 6.45) is 1.25. The van der Waals surface area contributed by atoms with Gasteiger partial charge < -0.3 is 9.84 Å². The summed E-state index contributed by atoms with van der Waals surface area (Å²) in [4.78, 5) is 0. The van der Waals surface area contributed by atoms with Crippen LogP contribution in [0.5, 0.6) is 5.75 Å². The first-order valence-corrected chi connectivity index (χ1v) is 7.89. The van der Waals surface area contributed by atoms with Crippen molar-refractivity contribution < 1.29 is 18.6 Å². The van der Waals surface area contributed by atoms with E-state index in [0.717, 1.165) is 0 Å². The summed E-state index contributed by atoms with van der Waals surface area (Å²) < 4.78 is 33.9. The molecular weight excluding hydrogens is 352 g/mol. The lowest BCUT2D eigenvalue weighted by Gasteiger charge is -2.47. The molecule has 3 N–H and O–H groups in total. The third-order valence-corrected chi connectivity index (χ3v) is 6.11. The molecule has 1 aromatic carbocycles. The van der Waals surface area contributed by atoms with E-state index in [1.807, 2.05) is 0 Å². The van der Waals surface area contributed by atoms with Gasteiger partial charge in [-0.1, -0.05) is 27.9 Å². The Bertz CT molecular complexity index is 553. The number of benzene rings is 1. The van der Waals surface area contributed by atoms with Crippen LogP contribution in [0.4, 0.5) is 8.78 Å². The minimum atomic E-state index is -3.32. The van der Waals surface area contributed by atoms with E-state index in [-0.39, 0.29) is 6.61 Å². The largest absolute Gasteiger partial charge is 0.493 e. The van der Waals surface area contributed by atoms with Crippen LogP contribution in [0, 0.1) is 5.41 Å². The molecule has 1 heterocycles. The van der Waals surface area contributed by atoms with Gasteiger partial charge in [0.2, 0.25) is 0 Å². The lowest BCUT2D eigenvalue weighted by molar-refractivity contribution is -0.116. The molecule has 1 spiro atoms. The normalized spacial score (nSPS) is 27.1. The molecule has 1 aromatic rings. The molecule has 0 radical (unpaired) electrons. The van der Waals surface area contributed by atoms with Crippen LogP contribution in [-0.2, 0) is 4.75 Å². The third kappa shape index (κ3) is 1.70. The lowest BCUT2D eigenvalue weighted by Crippen LogP contribution is -2.56. The van der Waals surface area contributed by atoms with E-state index in [1.165, 1.54) is 0 Å². The molecule has 3 nitrogen and oxygen atoms in total. The highest BCUT2D eigenvalue weighted by Crippen LogP contribution is 2.71. The molecule has 1 unspecified atom stereocenters. The second-order valence-electron chi connectivity index (χ2n) is 5.37. The Morgan fingerprint density at radius 2 is 2.15 bits per heavy atom. The van der Waals surface area contributed by atoms with Crippen LogP contribution < -0.4 is 9.88 Å². The number of aliphatic hydroxyl groups excluding tert-OH is 1. The fraction of sp³-hybridized carbons (Fsp3) is 0.538. The van der Waals surface area contributed by atoms with Crippen molar-refractivity contribution in [2.45, 2.75) is 23.5 Å². The molecule has 1 aliphatic heterocycles. The fourth-order valence-corrected chi connectivity index (χ4v) is 4.52. The first-order chi connectivity index (χ1) is 9.42. The van der Waals surface area contributed by atoms with Gasteiger partial charge in [-0.3, -0.25) is 5.14 Å². The molecule has 1 fully saturated rings. The molecule has 20 heavy (non-hydrogen) atoms. The van der Waals surface area contributed by atoms with Crippen molar-refractivity contribution in [3.63, 3.8) is 0 Å². The molecule has 0 bridgehead atoms. The van der Waals surface area contributed by atoms with Crippen molar-refractivity contribution >= 4 is 27.9 Å². The van der Waals surface area contributed by atoms with Gasteiger partial charge in [-0.2, -0.15) is 0 Å². The van der Waals surface area contributed by atoms with Gasteiger partial charge in [0.15, 0.2) is 0 Å². The van der Waals surface area contributed by atoms with Crippen molar-refractivity contribution in [1.82, 2.24) is 0 Å². The van der Waals surface area contributed by atoms with Crippen molar-refractivity contribution in [2.75, 3.05) is 13.2 Å². The predicted molar refractivity (Wildman–Crippen MR) is 76.8 cm³/mol. The quantitative estimate of drug-likeness (QED) is 0.808. The fourth-order valence-electron chi connectivity index (χ4n) is 3.12. The van der Waals surface area contributed by atoms with Crippen LogP contribution in [0.25, 0.3) is 0 Å². The highest BCUT2D eigenvalue weighted by atomic mass is 79.9. The van der Waals surface area contributed by atoms with E-state index in [4.69, 9.17) is 9.88 Å². The number of rotatable bonds is 3. The maximum absolute atomic E-state index is 14.6. The standard InChI is InChI=1S/C13H14BrF2NO2S/c14-8-1-2-10-9(5-8)13(20-17,12(15,16)6-18)11(3-4-11)7-19-10/h1-2,5,18H,3-4,6-7,17H2. The zero-order valence-electron chi connectivity index (χ0n) is 10.5. The van der Waals surface area contributed by atoms with Crippen LogP contribution in [0.3, 0.4) is 0 Å². The average Bonchev–Trinajstić information content (AvgIpc) is 3.19. The summed E-state index contributed by atoms with van der Waals surface area (Å²) in [5, 5.41) is 15.0. The van der Waals surface area contributed by atoms with Gasteiger partial charge >= 0.3 is 0 Å². The zero-order chi connectivity index (χ0) is 14.6. The van der Waals surface area contributed by atoms with E-state index in [9.17, 15) is 13.9 Å². The van der Waals surface area contributed by atoms with E-state index < -0.39 is 22.7 Å². The Balaban J connectivity index is 2.27. The minimum absolute atomic E-state index is 0.210. The number of hydrogen-bond acceptors (Lipinski definition) is 4. The van der Waals surface area contributed by atoms with Crippen molar-refractivity contribution in [3.8, 4) is 5.75 Å².